The zero-order valence-electron chi connectivity index (χ0n) is 18.6. The van der Waals surface area contributed by atoms with Gasteiger partial charge >= 0.3 is 0 Å². The van der Waals surface area contributed by atoms with Gasteiger partial charge in [-0.25, -0.2) is 0 Å². The van der Waals surface area contributed by atoms with E-state index in [9.17, 15) is 0 Å². The Labute approximate surface area is 160 Å². The fourth-order valence-corrected chi connectivity index (χ4v) is 4.98. The number of rotatable bonds is 0. The summed E-state index contributed by atoms with van der Waals surface area (Å²) in [6.07, 6.45) is 0. The van der Waals surface area contributed by atoms with Gasteiger partial charge in [0.05, 0.1) is 0 Å². The van der Waals surface area contributed by atoms with E-state index in [1.807, 2.05) is 12.1 Å². The average molecular weight is 341 g/mol. The van der Waals surface area contributed by atoms with Crippen molar-refractivity contribution < 1.29 is 8.85 Å². The summed E-state index contributed by atoms with van der Waals surface area (Å²) in [6, 6.07) is 16.1. The summed E-state index contributed by atoms with van der Waals surface area (Å²) in [7, 11) is 0. The van der Waals surface area contributed by atoms with Crippen LogP contribution in [0, 0.1) is 20.7 Å². The SMILES string of the molecule is [2H]C([2H])([2H])c1ccc2c(c1)B1c3ccc(C)cc3C(C)(C)c3c(C)ccc(c31)O2. The Balaban J connectivity index is 1.88. The van der Waals surface area contributed by atoms with Gasteiger partial charge in [0.25, 0.3) is 6.71 Å². The van der Waals surface area contributed by atoms with Gasteiger partial charge in [0.2, 0.25) is 0 Å². The summed E-state index contributed by atoms with van der Waals surface area (Å²) in [4.78, 5) is 0. The maximum absolute atomic E-state index is 7.88. The van der Waals surface area contributed by atoms with Crippen molar-refractivity contribution in [3.63, 3.8) is 0 Å². The van der Waals surface area contributed by atoms with Crippen molar-refractivity contribution in [2.24, 2.45) is 0 Å². The molecule has 0 saturated carbocycles. The number of hydrogen-bond donors (Lipinski definition) is 0. The van der Waals surface area contributed by atoms with Gasteiger partial charge in [-0.05, 0) is 60.4 Å². The Kier molecular flexibility index (Phi) is 2.48. The van der Waals surface area contributed by atoms with Crippen LogP contribution in [0.25, 0.3) is 0 Å². The van der Waals surface area contributed by atoms with Gasteiger partial charge in [0.1, 0.15) is 11.5 Å². The Hall–Kier alpha value is -2.48. The molecule has 0 bridgehead atoms. The van der Waals surface area contributed by atoms with Crippen molar-refractivity contribution in [2.45, 2.75) is 40.0 Å². The standard InChI is InChI=1S/C24H23BO/c1-14-6-9-18-17(12-14)24(4,5)22-16(3)8-11-21-23(22)25(18)19-13-15(2)7-10-20(19)26-21/h6-13H,1-5H3/i2D3. The van der Waals surface area contributed by atoms with Crippen LogP contribution in [0.4, 0.5) is 0 Å². The van der Waals surface area contributed by atoms with Gasteiger partial charge in [0, 0.05) is 9.53 Å². The van der Waals surface area contributed by atoms with Gasteiger partial charge < -0.3 is 4.74 Å². The molecule has 2 heterocycles. The first-order valence-electron chi connectivity index (χ1n) is 10.7. The molecule has 1 nitrogen and oxygen atoms in total. The molecule has 0 saturated heterocycles. The largest absolute Gasteiger partial charge is 0.458 e. The molecule has 0 aliphatic carbocycles. The van der Waals surface area contributed by atoms with E-state index in [4.69, 9.17) is 8.85 Å². The first-order valence-corrected chi connectivity index (χ1v) is 9.16. The molecule has 2 heteroatoms. The maximum Gasteiger partial charge on any atom is 0.251 e. The van der Waals surface area contributed by atoms with E-state index in [0.29, 0.717) is 5.56 Å². The molecule has 26 heavy (non-hydrogen) atoms. The summed E-state index contributed by atoms with van der Waals surface area (Å²) < 4.78 is 29.9. The van der Waals surface area contributed by atoms with Crippen LogP contribution in [0.3, 0.4) is 0 Å². The van der Waals surface area contributed by atoms with Crippen LogP contribution < -0.4 is 21.1 Å². The summed E-state index contributed by atoms with van der Waals surface area (Å²) in [6.45, 7) is 6.67. The quantitative estimate of drug-likeness (QED) is 0.441. The summed E-state index contributed by atoms with van der Waals surface area (Å²) >= 11 is 0. The summed E-state index contributed by atoms with van der Waals surface area (Å²) in [5, 5.41) is 0. The van der Waals surface area contributed by atoms with Crippen LogP contribution in [0.15, 0.2) is 48.5 Å². The van der Waals surface area contributed by atoms with E-state index in [2.05, 4.69) is 58.0 Å². The Morgan fingerprint density at radius 1 is 0.885 bits per heavy atom. The molecule has 0 fully saturated rings. The van der Waals surface area contributed by atoms with Gasteiger partial charge in [0.15, 0.2) is 0 Å². The first-order chi connectivity index (χ1) is 13.6. The van der Waals surface area contributed by atoms with Crippen molar-refractivity contribution in [1.82, 2.24) is 0 Å². The van der Waals surface area contributed by atoms with Crippen LogP contribution in [-0.4, -0.2) is 6.71 Å². The van der Waals surface area contributed by atoms with Gasteiger partial charge in [-0.1, -0.05) is 66.8 Å². The molecule has 0 unspecified atom stereocenters. The molecular weight excluding hydrogens is 315 g/mol. The summed E-state index contributed by atoms with van der Waals surface area (Å²) in [5.41, 5.74) is 8.65. The molecule has 3 aromatic carbocycles. The van der Waals surface area contributed by atoms with E-state index in [1.54, 1.807) is 6.07 Å². The van der Waals surface area contributed by atoms with Crippen LogP contribution >= 0.6 is 0 Å². The lowest BCUT2D eigenvalue weighted by Crippen LogP contribution is -2.62. The van der Waals surface area contributed by atoms with E-state index >= 15 is 0 Å². The second-order valence-corrected chi connectivity index (χ2v) is 8.17. The number of aryl methyl sites for hydroxylation is 3. The highest BCUT2D eigenvalue weighted by Gasteiger charge is 2.45. The normalized spacial score (nSPS) is 17.8. The number of ether oxygens (including phenoxy) is 1. The van der Waals surface area contributed by atoms with Crippen LogP contribution in [-0.2, 0) is 5.41 Å². The molecule has 0 amide bonds. The van der Waals surface area contributed by atoms with Gasteiger partial charge in [-0.3, -0.25) is 0 Å². The lowest BCUT2D eigenvalue weighted by molar-refractivity contribution is 0.484. The summed E-state index contributed by atoms with van der Waals surface area (Å²) in [5.74, 6) is 1.63. The number of benzene rings is 3. The molecule has 0 N–H and O–H groups in total. The van der Waals surface area contributed by atoms with E-state index in [1.165, 1.54) is 33.2 Å². The van der Waals surface area contributed by atoms with Crippen molar-refractivity contribution in [3.8, 4) is 11.5 Å². The third-order valence-electron chi connectivity index (χ3n) is 6.06. The zero-order chi connectivity index (χ0) is 20.7. The molecule has 0 atom stereocenters. The Morgan fingerprint density at radius 2 is 1.65 bits per heavy atom. The van der Waals surface area contributed by atoms with Crippen LogP contribution in [0.2, 0.25) is 0 Å². The minimum atomic E-state index is -2.14. The second kappa shape index (κ2) is 5.04. The van der Waals surface area contributed by atoms with Gasteiger partial charge in [-0.15, -0.1) is 0 Å². The first kappa shape index (κ1) is 12.8. The molecule has 0 radical (unpaired) electrons. The van der Waals surface area contributed by atoms with Crippen molar-refractivity contribution in [2.75, 3.05) is 0 Å². The third kappa shape index (κ3) is 1.93. The average Bonchev–Trinajstić information content (AvgIpc) is 2.64. The minimum Gasteiger partial charge on any atom is -0.458 e. The van der Waals surface area contributed by atoms with E-state index in [-0.39, 0.29) is 12.1 Å². The van der Waals surface area contributed by atoms with Crippen molar-refractivity contribution >= 4 is 23.1 Å². The highest BCUT2D eigenvalue weighted by atomic mass is 16.5. The van der Waals surface area contributed by atoms with Crippen molar-refractivity contribution in [3.05, 3.63) is 76.3 Å². The number of hydrogen-bond acceptors (Lipinski definition) is 1. The third-order valence-corrected chi connectivity index (χ3v) is 6.06. The number of fused-ring (bicyclic) bond motifs is 4. The highest BCUT2D eigenvalue weighted by molar-refractivity contribution is 6.98. The fraction of sp³-hybridized carbons (Fsp3) is 0.250. The lowest BCUT2D eigenvalue weighted by atomic mass is 9.30. The Bertz CT molecular complexity index is 1180. The molecular formula is C24H23BO. The molecule has 128 valence electrons. The maximum atomic E-state index is 7.88. The van der Waals surface area contributed by atoms with Gasteiger partial charge in [-0.2, -0.15) is 0 Å². The molecule has 0 aromatic heterocycles. The van der Waals surface area contributed by atoms with E-state index in [0.717, 1.165) is 17.0 Å². The highest BCUT2D eigenvalue weighted by Crippen LogP contribution is 2.40. The van der Waals surface area contributed by atoms with Crippen LogP contribution in [0.5, 0.6) is 11.5 Å². The predicted molar refractivity (Wildman–Crippen MR) is 110 cm³/mol. The predicted octanol–water partition coefficient (Wildman–Crippen LogP) is 3.87. The van der Waals surface area contributed by atoms with Crippen LogP contribution in [0.1, 0.15) is 45.8 Å². The Morgan fingerprint density at radius 3 is 2.46 bits per heavy atom. The molecule has 5 rings (SSSR count). The van der Waals surface area contributed by atoms with E-state index < -0.39 is 6.85 Å². The van der Waals surface area contributed by atoms with Crippen molar-refractivity contribution in [1.29, 1.82) is 0 Å². The molecule has 3 aromatic rings. The smallest absolute Gasteiger partial charge is 0.251 e. The molecule has 0 spiro atoms. The zero-order valence-corrected chi connectivity index (χ0v) is 15.6. The lowest BCUT2D eigenvalue weighted by Gasteiger charge is -2.42. The minimum absolute atomic E-state index is 0.0189. The molecule has 2 aliphatic rings. The topological polar surface area (TPSA) is 9.23 Å². The second-order valence-electron chi connectivity index (χ2n) is 8.17. The fourth-order valence-electron chi connectivity index (χ4n) is 4.98. The monoisotopic (exact) mass is 341 g/mol. The molecule has 2 aliphatic heterocycles.